The third kappa shape index (κ3) is 1.99. The van der Waals surface area contributed by atoms with Gasteiger partial charge in [0.25, 0.3) is 0 Å². The van der Waals surface area contributed by atoms with Gasteiger partial charge in [0.2, 0.25) is 0 Å². The second kappa shape index (κ2) is 4.49. The number of rotatable bonds is 3. The van der Waals surface area contributed by atoms with E-state index in [1.165, 1.54) is 16.7 Å². The van der Waals surface area contributed by atoms with Crippen LogP contribution in [0.25, 0.3) is 11.3 Å². The fraction of sp³-hybridized carbons (Fsp3) is 0.308. The number of benzene rings is 1. The third-order valence-electron chi connectivity index (χ3n) is 2.78. The van der Waals surface area contributed by atoms with Gasteiger partial charge in [-0.3, -0.25) is 4.68 Å². The normalized spacial score (nSPS) is 10.7. The maximum Gasteiger partial charge on any atom is 0.0681 e. The highest BCUT2D eigenvalue weighted by Crippen LogP contribution is 2.23. The third-order valence-corrected chi connectivity index (χ3v) is 2.78. The molecule has 0 fully saturated rings. The molecule has 1 aromatic heterocycles. The molecule has 2 rings (SSSR count). The molecule has 0 aliphatic rings. The number of nitrogens with zero attached hydrogens (tertiary/aromatic N) is 2. The second-order valence-electron chi connectivity index (χ2n) is 4.02. The highest BCUT2D eigenvalue weighted by atomic mass is 15.3. The Morgan fingerprint density at radius 3 is 2.75 bits per heavy atom. The van der Waals surface area contributed by atoms with Crippen molar-refractivity contribution in [1.29, 1.82) is 0 Å². The van der Waals surface area contributed by atoms with Gasteiger partial charge in [-0.1, -0.05) is 12.1 Å². The molecule has 0 radical (unpaired) electrons. The molecule has 0 saturated heterocycles. The summed E-state index contributed by atoms with van der Waals surface area (Å²) in [5.41, 5.74) is 5.00. The van der Waals surface area contributed by atoms with Gasteiger partial charge in [-0.2, -0.15) is 5.10 Å². The molecular weight excluding hydrogens is 198 g/mol. The molecule has 0 amide bonds. The SMILES string of the molecule is CNCc1ccc(C)c(-c2ccnn2C)c1. The van der Waals surface area contributed by atoms with Crippen LogP contribution in [0, 0.1) is 6.92 Å². The Morgan fingerprint density at radius 1 is 1.31 bits per heavy atom. The van der Waals surface area contributed by atoms with Crippen molar-refractivity contribution in [1.82, 2.24) is 15.1 Å². The lowest BCUT2D eigenvalue weighted by Gasteiger charge is -2.09. The molecule has 3 heteroatoms. The van der Waals surface area contributed by atoms with Crippen LogP contribution >= 0.6 is 0 Å². The fourth-order valence-corrected chi connectivity index (χ4v) is 1.90. The van der Waals surface area contributed by atoms with E-state index in [2.05, 4.69) is 35.5 Å². The van der Waals surface area contributed by atoms with Crippen LogP contribution in [0.4, 0.5) is 0 Å². The van der Waals surface area contributed by atoms with E-state index < -0.39 is 0 Å². The van der Waals surface area contributed by atoms with Crippen LogP contribution in [0.3, 0.4) is 0 Å². The number of nitrogens with one attached hydrogen (secondary N) is 1. The van der Waals surface area contributed by atoms with E-state index >= 15 is 0 Å². The Labute approximate surface area is 96.1 Å². The van der Waals surface area contributed by atoms with Gasteiger partial charge in [-0.05, 0) is 37.2 Å². The van der Waals surface area contributed by atoms with Crippen LogP contribution in [-0.2, 0) is 13.6 Å². The molecule has 16 heavy (non-hydrogen) atoms. The van der Waals surface area contributed by atoms with Crippen molar-refractivity contribution in [2.75, 3.05) is 7.05 Å². The monoisotopic (exact) mass is 215 g/mol. The van der Waals surface area contributed by atoms with Crippen molar-refractivity contribution in [3.63, 3.8) is 0 Å². The van der Waals surface area contributed by atoms with Crippen molar-refractivity contribution in [2.45, 2.75) is 13.5 Å². The summed E-state index contributed by atoms with van der Waals surface area (Å²) < 4.78 is 1.91. The standard InChI is InChI=1S/C13H17N3/c1-10-4-5-11(9-14-2)8-12(10)13-6-7-15-16(13)3/h4-8,14H,9H2,1-3H3. The van der Waals surface area contributed by atoms with E-state index in [-0.39, 0.29) is 0 Å². The van der Waals surface area contributed by atoms with E-state index in [1.807, 2.05) is 31.0 Å². The van der Waals surface area contributed by atoms with Gasteiger partial charge in [-0.25, -0.2) is 0 Å². The predicted molar refractivity (Wildman–Crippen MR) is 66.1 cm³/mol. The zero-order chi connectivity index (χ0) is 11.5. The first-order valence-electron chi connectivity index (χ1n) is 5.45. The Balaban J connectivity index is 2.47. The van der Waals surface area contributed by atoms with E-state index in [9.17, 15) is 0 Å². The van der Waals surface area contributed by atoms with Gasteiger partial charge in [0.15, 0.2) is 0 Å². The Hall–Kier alpha value is -1.61. The maximum absolute atomic E-state index is 4.21. The van der Waals surface area contributed by atoms with Crippen LogP contribution in [0.15, 0.2) is 30.5 Å². The minimum atomic E-state index is 0.894. The lowest BCUT2D eigenvalue weighted by molar-refractivity contribution is 0.774. The minimum Gasteiger partial charge on any atom is -0.316 e. The molecule has 1 aromatic carbocycles. The molecular formula is C13H17N3. The lowest BCUT2D eigenvalue weighted by Crippen LogP contribution is -2.05. The molecule has 0 saturated carbocycles. The van der Waals surface area contributed by atoms with E-state index in [0.717, 1.165) is 12.2 Å². The van der Waals surface area contributed by atoms with Gasteiger partial charge in [0.05, 0.1) is 5.69 Å². The molecule has 0 aliphatic carbocycles. The first kappa shape index (κ1) is 10.9. The first-order valence-corrected chi connectivity index (χ1v) is 5.45. The van der Waals surface area contributed by atoms with E-state index in [4.69, 9.17) is 0 Å². The molecule has 1 N–H and O–H groups in total. The van der Waals surface area contributed by atoms with Crippen molar-refractivity contribution in [3.8, 4) is 11.3 Å². The Bertz CT molecular complexity index is 486. The summed E-state index contributed by atoms with van der Waals surface area (Å²) in [5.74, 6) is 0. The lowest BCUT2D eigenvalue weighted by atomic mass is 10.0. The minimum absolute atomic E-state index is 0.894. The molecule has 0 bridgehead atoms. The average molecular weight is 215 g/mol. The van der Waals surface area contributed by atoms with Crippen molar-refractivity contribution < 1.29 is 0 Å². The summed E-state index contributed by atoms with van der Waals surface area (Å²) in [6.07, 6.45) is 1.83. The summed E-state index contributed by atoms with van der Waals surface area (Å²) in [6, 6.07) is 8.59. The zero-order valence-corrected chi connectivity index (χ0v) is 9.99. The molecule has 0 aliphatic heterocycles. The zero-order valence-electron chi connectivity index (χ0n) is 9.99. The van der Waals surface area contributed by atoms with Crippen LogP contribution in [0.1, 0.15) is 11.1 Å². The molecule has 1 heterocycles. The van der Waals surface area contributed by atoms with Crippen molar-refractivity contribution in [2.24, 2.45) is 7.05 Å². The van der Waals surface area contributed by atoms with Gasteiger partial charge in [0.1, 0.15) is 0 Å². The highest BCUT2D eigenvalue weighted by molar-refractivity contribution is 5.64. The summed E-state index contributed by atoms with van der Waals surface area (Å²) in [6.45, 7) is 3.02. The summed E-state index contributed by atoms with van der Waals surface area (Å²) in [5, 5.41) is 7.38. The van der Waals surface area contributed by atoms with Gasteiger partial charge in [0, 0.05) is 25.4 Å². The molecule has 2 aromatic rings. The summed E-state index contributed by atoms with van der Waals surface area (Å²) >= 11 is 0. The van der Waals surface area contributed by atoms with Gasteiger partial charge in [-0.15, -0.1) is 0 Å². The molecule has 84 valence electrons. The van der Waals surface area contributed by atoms with Crippen LogP contribution in [0.2, 0.25) is 0 Å². The second-order valence-corrected chi connectivity index (χ2v) is 4.02. The topological polar surface area (TPSA) is 29.9 Å². The number of aryl methyl sites for hydroxylation is 2. The number of hydrogen-bond donors (Lipinski definition) is 1. The van der Waals surface area contributed by atoms with Crippen molar-refractivity contribution in [3.05, 3.63) is 41.6 Å². The van der Waals surface area contributed by atoms with Gasteiger partial charge < -0.3 is 5.32 Å². The van der Waals surface area contributed by atoms with Crippen LogP contribution < -0.4 is 5.32 Å². The first-order chi connectivity index (χ1) is 7.72. The predicted octanol–water partition coefficient (Wildman–Crippen LogP) is 2.11. The molecule has 0 spiro atoms. The summed E-state index contributed by atoms with van der Waals surface area (Å²) in [4.78, 5) is 0. The Kier molecular flexibility index (Phi) is 3.06. The van der Waals surface area contributed by atoms with Crippen molar-refractivity contribution >= 4 is 0 Å². The average Bonchev–Trinajstić information content (AvgIpc) is 2.68. The molecule has 0 atom stereocenters. The largest absolute Gasteiger partial charge is 0.316 e. The number of aromatic nitrogens is 2. The van der Waals surface area contributed by atoms with Crippen LogP contribution in [0.5, 0.6) is 0 Å². The fourth-order valence-electron chi connectivity index (χ4n) is 1.90. The number of hydrogen-bond acceptors (Lipinski definition) is 2. The van der Waals surface area contributed by atoms with E-state index in [1.54, 1.807) is 0 Å². The maximum atomic E-state index is 4.21. The molecule has 3 nitrogen and oxygen atoms in total. The smallest absolute Gasteiger partial charge is 0.0681 e. The van der Waals surface area contributed by atoms with Crippen LogP contribution in [-0.4, -0.2) is 16.8 Å². The van der Waals surface area contributed by atoms with E-state index in [0.29, 0.717) is 0 Å². The quantitative estimate of drug-likeness (QED) is 0.850. The molecule has 0 unspecified atom stereocenters. The van der Waals surface area contributed by atoms with Gasteiger partial charge >= 0.3 is 0 Å². The summed E-state index contributed by atoms with van der Waals surface area (Å²) in [7, 11) is 3.93. The Morgan fingerprint density at radius 2 is 2.12 bits per heavy atom. The highest BCUT2D eigenvalue weighted by Gasteiger charge is 2.06.